The zero-order valence-corrected chi connectivity index (χ0v) is 18.8. The summed E-state index contributed by atoms with van der Waals surface area (Å²) in [6.07, 6.45) is 2.27. The van der Waals surface area contributed by atoms with Crippen LogP contribution in [0, 0.1) is 0 Å². The highest BCUT2D eigenvalue weighted by Gasteiger charge is 2.23. The molecule has 2 aromatic rings. The van der Waals surface area contributed by atoms with E-state index < -0.39 is 0 Å². The summed E-state index contributed by atoms with van der Waals surface area (Å²) in [5, 5.41) is 0. The first kappa shape index (κ1) is 22.7. The van der Waals surface area contributed by atoms with Crippen LogP contribution in [0.2, 0.25) is 0 Å². The van der Waals surface area contributed by atoms with Crippen LogP contribution in [0.15, 0.2) is 24.3 Å². The topological polar surface area (TPSA) is 52.6 Å². The molecule has 156 valence electrons. The van der Waals surface area contributed by atoms with Crippen LogP contribution in [0.1, 0.15) is 84.5 Å². The van der Waals surface area contributed by atoms with Gasteiger partial charge in [-0.3, -0.25) is 9.59 Å². The molecule has 0 aliphatic carbocycles. The number of ether oxygens (including phenoxy) is 2. The number of hydrogen-bond acceptors (Lipinski definition) is 4. The van der Waals surface area contributed by atoms with E-state index in [0.29, 0.717) is 17.5 Å². The third-order valence-corrected chi connectivity index (χ3v) is 5.16. The summed E-state index contributed by atoms with van der Waals surface area (Å²) in [5.41, 5.74) is 4.57. The molecule has 4 heteroatoms. The smallest absolute Gasteiger partial charge is 0.150 e. The Balaban J connectivity index is 2.64. The van der Waals surface area contributed by atoms with Gasteiger partial charge in [0, 0.05) is 17.5 Å². The van der Waals surface area contributed by atoms with E-state index in [2.05, 4.69) is 41.5 Å². The van der Waals surface area contributed by atoms with Gasteiger partial charge in [-0.15, -0.1) is 0 Å². The molecule has 0 aromatic heterocycles. The Bertz CT molecular complexity index is 836. The Morgan fingerprint density at radius 1 is 0.690 bits per heavy atom. The summed E-state index contributed by atoms with van der Waals surface area (Å²) in [4.78, 5) is 23.5. The first-order chi connectivity index (χ1) is 13.5. The van der Waals surface area contributed by atoms with Crippen LogP contribution < -0.4 is 9.47 Å². The van der Waals surface area contributed by atoms with E-state index in [9.17, 15) is 9.59 Å². The number of carbonyl (C=O) groups excluding carboxylic acids is 2. The minimum Gasteiger partial charge on any atom is -0.496 e. The van der Waals surface area contributed by atoms with E-state index in [1.807, 2.05) is 24.3 Å². The van der Waals surface area contributed by atoms with Crippen LogP contribution in [0.4, 0.5) is 0 Å². The molecule has 0 fully saturated rings. The molecule has 0 saturated heterocycles. The Labute approximate surface area is 174 Å². The molecule has 0 atom stereocenters. The molecule has 2 rings (SSSR count). The maximum Gasteiger partial charge on any atom is 0.150 e. The lowest BCUT2D eigenvalue weighted by atomic mass is 9.81. The first-order valence-electron chi connectivity index (χ1n) is 9.79. The molecule has 0 aliphatic rings. The summed E-state index contributed by atoms with van der Waals surface area (Å²) in [5.74, 6) is 1.44. The van der Waals surface area contributed by atoms with Gasteiger partial charge in [0.25, 0.3) is 0 Å². The Morgan fingerprint density at radius 2 is 1.03 bits per heavy atom. The number of rotatable bonds is 6. The second-order valence-corrected chi connectivity index (χ2v) is 9.42. The fourth-order valence-corrected chi connectivity index (χ4v) is 3.64. The van der Waals surface area contributed by atoms with Gasteiger partial charge >= 0.3 is 0 Å². The number of hydrogen-bond donors (Lipinski definition) is 0. The molecule has 29 heavy (non-hydrogen) atoms. The van der Waals surface area contributed by atoms with E-state index in [4.69, 9.17) is 9.47 Å². The van der Waals surface area contributed by atoms with Crippen LogP contribution in [-0.2, 0) is 17.3 Å². The molecular formula is C25H32O4. The van der Waals surface area contributed by atoms with Crippen LogP contribution in [-0.4, -0.2) is 26.8 Å². The number of aldehydes is 2. The van der Waals surface area contributed by atoms with Crippen molar-refractivity contribution in [2.45, 2.75) is 58.8 Å². The summed E-state index contributed by atoms with van der Waals surface area (Å²) in [6.45, 7) is 12.4. The van der Waals surface area contributed by atoms with Crippen molar-refractivity contribution in [3.8, 4) is 11.5 Å². The Kier molecular flexibility index (Phi) is 6.56. The average Bonchev–Trinajstić information content (AvgIpc) is 2.65. The highest BCUT2D eigenvalue weighted by atomic mass is 16.5. The fraction of sp³-hybridized carbons (Fsp3) is 0.440. The molecule has 0 unspecified atom stereocenters. The van der Waals surface area contributed by atoms with E-state index in [-0.39, 0.29) is 10.8 Å². The molecule has 0 bridgehead atoms. The number of carbonyl (C=O) groups is 2. The summed E-state index contributed by atoms with van der Waals surface area (Å²) >= 11 is 0. The van der Waals surface area contributed by atoms with Crippen LogP contribution in [0.3, 0.4) is 0 Å². The lowest BCUT2D eigenvalue weighted by molar-refractivity contribution is 0.111. The zero-order valence-electron chi connectivity index (χ0n) is 18.8. The van der Waals surface area contributed by atoms with Gasteiger partial charge in [0.1, 0.15) is 24.1 Å². The molecule has 2 aromatic carbocycles. The summed E-state index contributed by atoms with van der Waals surface area (Å²) < 4.78 is 11.3. The van der Waals surface area contributed by atoms with Crippen LogP contribution in [0.25, 0.3) is 0 Å². The maximum absolute atomic E-state index is 11.7. The molecule has 0 aliphatic heterocycles. The monoisotopic (exact) mass is 396 g/mol. The number of benzene rings is 2. The van der Waals surface area contributed by atoms with Crippen molar-refractivity contribution >= 4 is 12.6 Å². The third-order valence-electron chi connectivity index (χ3n) is 5.16. The van der Waals surface area contributed by atoms with E-state index in [1.54, 1.807) is 14.2 Å². The largest absolute Gasteiger partial charge is 0.496 e. The minimum atomic E-state index is -0.182. The lowest BCUT2D eigenvalue weighted by Crippen LogP contribution is -2.16. The molecule has 0 N–H and O–H groups in total. The van der Waals surface area contributed by atoms with Crippen molar-refractivity contribution in [3.05, 3.63) is 57.6 Å². The second-order valence-electron chi connectivity index (χ2n) is 9.42. The normalized spacial score (nSPS) is 11.9. The molecule has 4 nitrogen and oxygen atoms in total. The van der Waals surface area contributed by atoms with Crippen molar-refractivity contribution in [2.75, 3.05) is 14.2 Å². The zero-order chi connectivity index (χ0) is 22.0. The quantitative estimate of drug-likeness (QED) is 0.604. The van der Waals surface area contributed by atoms with E-state index in [0.717, 1.165) is 46.3 Å². The van der Waals surface area contributed by atoms with Gasteiger partial charge in [0.05, 0.1) is 14.2 Å². The molecule has 0 heterocycles. The van der Waals surface area contributed by atoms with Gasteiger partial charge in [-0.2, -0.15) is 0 Å². The highest BCUT2D eigenvalue weighted by Crippen LogP contribution is 2.36. The van der Waals surface area contributed by atoms with Gasteiger partial charge in [-0.1, -0.05) is 41.5 Å². The first-order valence-corrected chi connectivity index (χ1v) is 9.79. The second kappa shape index (κ2) is 8.40. The maximum atomic E-state index is 11.7. The van der Waals surface area contributed by atoms with E-state index in [1.165, 1.54) is 0 Å². The molecule has 0 amide bonds. The van der Waals surface area contributed by atoms with Gasteiger partial charge in [0.15, 0.2) is 0 Å². The van der Waals surface area contributed by atoms with Crippen molar-refractivity contribution in [1.82, 2.24) is 0 Å². The standard InChI is InChI=1S/C25H32O4/c1-24(2,3)20-12-22(28-7)16(10-18(20)14-26)9-17-11-19(15-27)21(25(4,5)6)13-23(17)29-8/h10-15H,9H2,1-8H3. The Hall–Kier alpha value is -2.62. The lowest BCUT2D eigenvalue weighted by Gasteiger charge is -2.25. The predicted octanol–water partition coefficient (Wildman–Crippen LogP) is 5.51. The molecule has 0 saturated carbocycles. The highest BCUT2D eigenvalue weighted by molar-refractivity contribution is 5.80. The number of methoxy groups -OCH3 is 2. The van der Waals surface area contributed by atoms with Crippen molar-refractivity contribution in [3.63, 3.8) is 0 Å². The van der Waals surface area contributed by atoms with Crippen LogP contribution >= 0.6 is 0 Å². The molecule has 0 radical (unpaired) electrons. The van der Waals surface area contributed by atoms with Crippen molar-refractivity contribution in [2.24, 2.45) is 0 Å². The fourth-order valence-electron chi connectivity index (χ4n) is 3.64. The van der Waals surface area contributed by atoms with Gasteiger partial charge in [-0.05, 0) is 57.3 Å². The van der Waals surface area contributed by atoms with Crippen molar-refractivity contribution < 1.29 is 19.1 Å². The SMILES string of the molecule is COc1cc(C(C)(C)C)c(C=O)cc1Cc1cc(C=O)c(C(C)(C)C)cc1OC. The third kappa shape index (κ3) is 4.87. The average molecular weight is 397 g/mol. The van der Waals surface area contributed by atoms with Crippen molar-refractivity contribution in [1.29, 1.82) is 0 Å². The van der Waals surface area contributed by atoms with E-state index >= 15 is 0 Å². The van der Waals surface area contributed by atoms with Gasteiger partial charge in [-0.25, -0.2) is 0 Å². The van der Waals surface area contributed by atoms with Gasteiger partial charge < -0.3 is 9.47 Å². The molecular weight excluding hydrogens is 364 g/mol. The summed E-state index contributed by atoms with van der Waals surface area (Å²) in [7, 11) is 3.26. The summed E-state index contributed by atoms with van der Waals surface area (Å²) in [6, 6.07) is 7.64. The predicted molar refractivity (Wildman–Crippen MR) is 117 cm³/mol. The Morgan fingerprint density at radius 3 is 1.28 bits per heavy atom. The molecule has 0 spiro atoms. The minimum absolute atomic E-state index is 0.182. The van der Waals surface area contributed by atoms with Crippen LogP contribution in [0.5, 0.6) is 11.5 Å². The van der Waals surface area contributed by atoms with Gasteiger partial charge in [0.2, 0.25) is 0 Å².